The van der Waals surface area contributed by atoms with Crippen molar-refractivity contribution in [2.75, 3.05) is 12.4 Å². The molecule has 1 N–H and O–H groups in total. The molecule has 1 heterocycles. The molecular formula is C13H15N3O3S. The van der Waals surface area contributed by atoms with Crippen molar-refractivity contribution in [1.82, 2.24) is 14.8 Å². The SMILES string of the molecule is Cc1nnc(SCCOc2ccc(C(=O)O)cc2)n1C. The third kappa shape index (κ3) is 3.51. The number of carboxylic acid groups (broad SMARTS) is 1. The smallest absolute Gasteiger partial charge is 0.335 e. The van der Waals surface area contributed by atoms with Crippen molar-refractivity contribution in [3.8, 4) is 5.75 Å². The number of carbonyl (C=O) groups is 1. The van der Waals surface area contributed by atoms with Gasteiger partial charge in [-0.15, -0.1) is 10.2 Å². The van der Waals surface area contributed by atoms with Gasteiger partial charge in [-0.3, -0.25) is 0 Å². The Morgan fingerprint density at radius 2 is 2.05 bits per heavy atom. The van der Waals surface area contributed by atoms with E-state index in [1.165, 1.54) is 12.1 Å². The third-order valence-corrected chi connectivity index (χ3v) is 3.72. The Morgan fingerprint density at radius 1 is 1.35 bits per heavy atom. The quantitative estimate of drug-likeness (QED) is 0.648. The monoisotopic (exact) mass is 293 g/mol. The van der Waals surface area contributed by atoms with Crippen LogP contribution in [-0.2, 0) is 7.05 Å². The molecule has 0 bridgehead atoms. The predicted octanol–water partition coefficient (Wildman–Crippen LogP) is 1.99. The molecule has 0 saturated heterocycles. The molecule has 0 radical (unpaired) electrons. The van der Waals surface area contributed by atoms with E-state index in [-0.39, 0.29) is 5.56 Å². The van der Waals surface area contributed by atoms with Crippen molar-refractivity contribution in [2.24, 2.45) is 7.05 Å². The highest BCUT2D eigenvalue weighted by Crippen LogP contribution is 2.16. The molecule has 106 valence electrons. The van der Waals surface area contributed by atoms with Gasteiger partial charge in [-0.05, 0) is 31.2 Å². The molecule has 20 heavy (non-hydrogen) atoms. The van der Waals surface area contributed by atoms with E-state index in [0.717, 1.165) is 16.7 Å². The van der Waals surface area contributed by atoms with Gasteiger partial charge in [0, 0.05) is 12.8 Å². The zero-order chi connectivity index (χ0) is 14.5. The molecule has 6 nitrogen and oxygen atoms in total. The highest BCUT2D eigenvalue weighted by Gasteiger charge is 2.05. The molecule has 1 aromatic heterocycles. The van der Waals surface area contributed by atoms with Crippen molar-refractivity contribution in [3.05, 3.63) is 35.7 Å². The summed E-state index contributed by atoms with van der Waals surface area (Å²) in [6, 6.07) is 6.36. The van der Waals surface area contributed by atoms with Crippen molar-refractivity contribution >= 4 is 17.7 Å². The van der Waals surface area contributed by atoms with Crippen LogP contribution in [0.4, 0.5) is 0 Å². The number of benzene rings is 1. The van der Waals surface area contributed by atoms with Gasteiger partial charge < -0.3 is 14.4 Å². The Morgan fingerprint density at radius 3 is 2.60 bits per heavy atom. The number of aromatic nitrogens is 3. The molecule has 0 spiro atoms. The van der Waals surface area contributed by atoms with Crippen LogP contribution < -0.4 is 4.74 Å². The average Bonchev–Trinajstić information content (AvgIpc) is 2.76. The molecule has 0 fully saturated rings. The van der Waals surface area contributed by atoms with Gasteiger partial charge in [-0.25, -0.2) is 4.79 Å². The first-order valence-electron chi connectivity index (χ1n) is 6.03. The molecule has 2 aromatic rings. The van der Waals surface area contributed by atoms with Gasteiger partial charge >= 0.3 is 5.97 Å². The minimum atomic E-state index is -0.940. The summed E-state index contributed by atoms with van der Waals surface area (Å²) < 4.78 is 7.46. The lowest BCUT2D eigenvalue weighted by atomic mass is 10.2. The number of ether oxygens (including phenoxy) is 1. The highest BCUT2D eigenvalue weighted by atomic mass is 32.2. The molecule has 1 aromatic carbocycles. The van der Waals surface area contributed by atoms with Gasteiger partial charge in [0.1, 0.15) is 11.6 Å². The maximum absolute atomic E-state index is 10.7. The predicted molar refractivity (Wildman–Crippen MR) is 75.4 cm³/mol. The highest BCUT2D eigenvalue weighted by molar-refractivity contribution is 7.99. The zero-order valence-corrected chi connectivity index (χ0v) is 12.1. The van der Waals surface area contributed by atoms with Gasteiger partial charge in [0.2, 0.25) is 0 Å². The number of aryl methyl sites for hydroxylation is 1. The first-order chi connectivity index (χ1) is 9.58. The van der Waals surface area contributed by atoms with E-state index < -0.39 is 5.97 Å². The molecule has 0 amide bonds. The number of rotatable bonds is 6. The number of nitrogens with zero attached hydrogens (tertiary/aromatic N) is 3. The van der Waals surface area contributed by atoms with E-state index in [0.29, 0.717) is 12.4 Å². The third-order valence-electron chi connectivity index (χ3n) is 2.74. The summed E-state index contributed by atoms with van der Waals surface area (Å²) in [7, 11) is 1.92. The fraction of sp³-hybridized carbons (Fsp3) is 0.308. The maximum Gasteiger partial charge on any atom is 0.335 e. The second-order valence-corrected chi connectivity index (χ2v) is 5.18. The lowest BCUT2D eigenvalue weighted by Gasteiger charge is -2.06. The average molecular weight is 293 g/mol. The second-order valence-electron chi connectivity index (χ2n) is 4.12. The Bertz CT molecular complexity index is 595. The summed E-state index contributed by atoms with van der Waals surface area (Å²) in [4.78, 5) is 10.7. The van der Waals surface area contributed by atoms with Crippen LogP contribution in [0.25, 0.3) is 0 Å². The van der Waals surface area contributed by atoms with E-state index in [4.69, 9.17) is 9.84 Å². The number of hydrogen-bond acceptors (Lipinski definition) is 5. The number of hydrogen-bond donors (Lipinski definition) is 1. The Kier molecular flexibility index (Phi) is 4.62. The minimum absolute atomic E-state index is 0.251. The van der Waals surface area contributed by atoms with Crippen LogP contribution in [0.5, 0.6) is 5.75 Å². The number of thioether (sulfide) groups is 1. The Labute approximate surface area is 120 Å². The first-order valence-corrected chi connectivity index (χ1v) is 7.01. The second kappa shape index (κ2) is 6.42. The van der Waals surface area contributed by atoms with E-state index in [1.807, 2.05) is 18.5 Å². The van der Waals surface area contributed by atoms with E-state index in [2.05, 4.69) is 10.2 Å². The topological polar surface area (TPSA) is 77.2 Å². The largest absolute Gasteiger partial charge is 0.493 e. The summed E-state index contributed by atoms with van der Waals surface area (Å²) >= 11 is 1.57. The van der Waals surface area contributed by atoms with Crippen LogP contribution in [0.15, 0.2) is 29.4 Å². The fourth-order valence-corrected chi connectivity index (χ4v) is 2.27. The molecule has 0 saturated carbocycles. The van der Waals surface area contributed by atoms with Crippen molar-refractivity contribution < 1.29 is 14.6 Å². The summed E-state index contributed by atoms with van der Waals surface area (Å²) in [6.07, 6.45) is 0. The summed E-state index contributed by atoms with van der Waals surface area (Å²) in [6.45, 7) is 2.42. The van der Waals surface area contributed by atoms with Crippen LogP contribution in [0.2, 0.25) is 0 Å². The number of aromatic carboxylic acids is 1. The van der Waals surface area contributed by atoms with Crippen LogP contribution in [0.3, 0.4) is 0 Å². The molecule has 7 heteroatoms. The fourth-order valence-electron chi connectivity index (χ4n) is 1.50. The summed E-state index contributed by atoms with van der Waals surface area (Å²) in [5.41, 5.74) is 0.251. The first kappa shape index (κ1) is 14.4. The molecule has 0 aliphatic heterocycles. The van der Waals surface area contributed by atoms with Crippen LogP contribution >= 0.6 is 11.8 Å². The van der Waals surface area contributed by atoms with E-state index >= 15 is 0 Å². The molecule has 0 atom stereocenters. The molecule has 0 unspecified atom stereocenters. The molecule has 0 aliphatic carbocycles. The standard InChI is InChI=1S/C13H15N3O3S/c1-9-14-15-13(16(9)2)20-8-7-19-11-5-3-10(4-6-11)12(17)18/h3-6H,7-8H2,1-2H3,(H,17,18). The maximum atomic E-state index is 10.7. The lowest BCUT2D eigenvalue weighted by molar-refractivity contribution is 0.0697. The van der Waals surface area contributed by atoms with Crippen LogP contribution in [0.1, 0.15) is 16.2 Å². The summed E-state index contributed by atoms with van der Waals surface area (Å²) in [5, 5.41) is 17.7. The van der Waals surface area contributed by atoms with Crippen molar-refractivity contribution in [1.29, 1.82) is 0 Å². The summed E-state index contributed by atoms with van der Waals surface area (Å²) in [5.74, 6) is 1.33. The van der Waals surface area contributed by atoms with Crippen LogP contribution in [0, 0.1) is 6.92 Å². The Hall–Kier alpha value is -2.02. The van der Waals surface area contributed by atoms with E-state index in [9.17, 15) is 4.79 Å². The lowest BCUT2D eigenvalue weighted by Crippen LogP contribution is -2.02. The molecule has 0 aliphatic rings. The van der Waals surface area contributed by atoms with Gasteiger partial charge in [0.15, 0.2) is 5.16 Å². The minimum Gasteiger partial charge on any atom is -0.493 e. The zero-order valence-electron chi connectivity index (χ0n) is 11.2. The van der Waals surface area contributed by atoms with Gasteiger partial charge in [0.05, 0.1) is 12.2 Å². The normalized spacial score (nSPS) is 10.5. The van der Waals surface area contributed by atoms with Crippen molar-refractivity contribution in [3.63, 3.8) is 0 Å². The molecule has 2 rings (SSSR count). The van der Waals surface area contributed by atoms with Gasteiger partial charge in [0.25, 0.3) is 0 Å². The Balaban J connectivity index is 1.78. The van der Waals surface area contributed by atoms with E-state index in [1.54, 1.807) is 23.9 Å². The van der Waals surface area contributed by atoms with Crippen LogP contribution in [-0.4, -0.2) is 38.2 Å². The van der Waals surface area contributed by atoms with Gasteiger partial charge in [-0.2, -0.15) is 0 Å². The van der Waals surface area contributed by atoms with Gasteiger partial charge in [-0.1, -0.05) is 11.8 Å². The number of carboxylic acids is 1. The van der Waals surface area contributed by atoms with Crippen molar-refractivity contribution in [2.45, 2.75) is 12.1 Å². The molecular weight excluding hydrogens is 278 g/mol.